The fourth-order valence-corrected chi connectivity index (χ4v) is 1.95. The van der Waals surface area contributed by atoms with E-state index in [4.69, 9.17) is 10.00 Å². The van der Waals surface area contributed by atoms with E-state index in [9.17, 15) is 4.79 Å². The topological polar surface area (TPSA) is 62.1 Å². The zero-order chi connectivity index (χ0) is 12.2. The summed E-state index contributed by atoms with van der Waals surface area (Å²) in [5.74, 6) is -0.143. The molecule has 1 amide bonds. The summed E-state index contributed by atoms with van der Waals surface area (Å²) in [6.45, 7) is 6.27. The molecule has 0 spiro atoms. The predicted octanol–water partition coefficient (Wildman–Crippen LogP) is 1.61. The molecule has 0 aromatic rings. The minimum atomic E-state index is -0.705. The highest BCUT2D eigenvalue weighted by Gasteiger charge is 2.34. The van der Waals surface area contributed by atoms with Gasteiger partial charge in [0.05, 0.1) is 24.7 Å². The molecule has 0 aromatic carbocycles. The number of nitrogens with zero attached hydrogens (tertiary/aromatic N) is 1. The molecule has 1 aliphatic heterocycles. The molecule has 4 nitrogen and oxygen atoms in total. The van der Waals surface area contributed by atoms with Crippen molar-refractivity contribution in [2.24, 2.45) is 5.92 Å². The van der Waals surface area contributed by atoms with Crippen molar-refractivity contribution in [1.29, 1.82) is 5.26 Å². The van der Waals surface area contributed by atoms with Crippen LogP contribution in [0.5, 0.6) is 0 Å². The molecule has 0 radical (unpaired) electrons. The van der Waals surface area contributed by atoms with E-state index in [0.717, 1.165) is 6.42 Å². The average molecular weight is 224 g/mol. The molecule has 0 saturated carbocycles. The van der Waals surface area contributed by atoms with E-state index in [0.29, 0.717) is 19.4 Å². The molecule has 1 aliphatic rings. The molecular weight excluding hydrogens is 204 g/mol. The maximum Gasteiger partial charge on any atom is 0.226 e. The van der Waals surface area contributed by atoms with Gasteiger partial charge < -0.3 is 10.1 Å². The first-order valence-electron chi connectivity index (χ1n) is 5.91. The number of hydrogen-bond acceptors (Lipinski definition) is 3. The van der Waals surface area contributed by atoms with Crippen molar-refractivity contribution in [3.8, 4) is 6.07 Å². The second-order valence-corrected chi connectivity index (χ2v) is 4.47. The number of carbonyl (C=O) groups is 1. The maximum atomic E-state index is 11.9. The van der Waals surface area contributed by atoms with Crippen LogP contribution in [0.4, 0.5) is 0 Å². The number of ether oxygens (including phenoxy) is 1. The molecule has 16 heavy (non-hydrogen) atoms. The van der Waals surface area contributed by atoms with Gasteiger partial charge in [-0.1, -0.05) is 13.8 Å². The Morgan fingerprint density at radius 3 is 2.56 bits per heavy atom. The summed E-state index contributed by atoms with van der Waals surface area (Å²) in [7, 11) is 0. The zero-order valence-electron chi connectivity index (χ0n) is 10.2. The summed E-state index contributed by atoms with van der Waals surface area (Å²) in [6, 6.07) is 2.21. The Bertz CT molecular complexity index is 292. The molecule has 1 fully saturated rings. The largest absolute Gasteiger partial charge is 0.378 e. The van der Waals surface area contributed by atoms with Gasteiger partial charge in [-0.15, -0.1) is 0 Å². The Morgan fingerprint density at radius 1 is 1.56 bits per heavy atom. The second kappa shape index (κ2) is 5.31. The molecule has 1 saturated heterocycles. The lowest BCUT2D eigenvalue weighted by Crippen LogP contribution is -2.48. The van der Waals surface area contributed by atoms with Crippen molar-refractivity contribution in [3.63, 3.8) is 0 Å². The first-order valence-corrected chi connectivity index (χ1v) is 5.91. The summed E-state index contributed by atoms with van der Waals surface area (Å²) >= 11 is 0. The Balaban J connectivity index is 2.59. The lowest BCUT2D eigenvalue weighted by Gasteiger charge is -2.26. The van der Waals surface area contributed by atoms with Crippen molar-refractivity contribution < 1.29 is 9.53 Å². The first-order chi connectivity index (χ1) is 7.56. The summed E-state index contributed by atoms with van der Waals surface area (Å²) in [4.78, 5) is 11.9. The van der Waals surface area contributed by atoms with Gasteiger partial charge in [0.15, 0.2) is 0 Å². The van der Waals surface area contributed by atoms with Crippen molar-refractivity contribution in [2.75, 3.05) is 6.61 Å². The lowest BCUT2D eigenvalue weighted by atomic mass is 9.93. The van der Waals surface area contributed by atoms with Crippen LogP contribution in [0.15, 0.2) is 0 Å². The quantitative estimate of drug-likeness (QED) is 0.789. The van der Waals surface area contributed by atoms with Crippen LogP contribution in [0.2, 0.25) is 0 Å². The smallest absolute Gasteiger partial charge is 0.226 e. The van der Waals surface area contributed by atoms with Crippen LogP contribution in [-0.4, -0.2) is 24.2 Å². The standard InChI is InChI=1S/C12H20N2O2/c1-4-12(5-2,8-13)14-11(15)10-6-9(3)16-7-10/h9-10H,4-7H2,1-3H3,(H,14,15). The van der Waals surface area contributed by atoms with Gasteiger partial charge in [-0.25, -0.2) is 0 Å². The number of nitrogens with one attached hydrogen (secondary N) is 1. The van der Waals surface area contributed by atoms with Crippen molar-refractivity contribution >= 4 is 5.91 Å². The van der Waals surface area contributed by atoms with E-state index in [-0.39, 0.29) is 17.9 Å². The number of hydrogen-bond donors (Lipinski definition) is 1. The van der Waals surface area contributed by atoms with E-state index in [2.05, 4.69) is 11.4 Å². The third-order valence-electron chi connectivity index (χ3n) is 3.35. The van der Waals surface area contributed by atoms with Crippen molar-refractivity contribution in [1.82, 2.24) is 5.32 Å². The lowest BCUT2D eigenvalue weighted by molar-refractivity contribution is -0.126. The van der Waals surface area contributed by atoms with E-state index >= 15 is 0 Å². The molecule has 90 valence electrons. The predicted molar refractivity (Wildman–Crippen MR) is 60.6 cm³/mol. The highest BCUT2D eigenvalue weighted by atomic mass is 16.5. The van der Waals surface area contributed by atoms with E-state index in [1.54, 1.807) is 0 Å². The zero-order valence-corrected chi connectivity index (χ0v) is 10.2. The second-order valence-electron chi connectivity index (χ2n) is 4.47. The van der Waals surface area contributed by atoms with E-state index in [1.807, 2.05) is 20.8 Å². The van der Waals surface area contributed by atoms with Gasteiger partial charge in [-0.05, 0) is 26.2 Å². The molecule has 4 heteroatoms. The molecular formula is C12H20N2O2. The Hall–Kier alpha value is -1.08. The summed E-state index contributed by atoms with van der Waals surface area (Å²) in [5.41, 5.74) is -0.705. The number of nitriles is 1. The normalized spacial score (nSPS) is 25.1. The Kier molecular flexibility index (Phi) is 4.31. The SMILES string of the molecule is CCC(C#N)(CC)NC(=O)C1COC(C)C1. The van der Waals surface area contributed by atoms with Crippen LogP contribution >= 0.6 is 0 Å². The monoisotopic (exact) mass is 224 g/mol. The Morgan fingerprint density at radius 2 is 2.19 bits per heavy atom. The van der Waals surface area contributed by atoms with Gasteiger partial charge >= 0.3 is 0 Å². The molecule has 0 aromatic heterocycles. The number of rotatable bonds is 4. The van der Waals surface area contributed by atoms with Crippen molar-refractivity contribution in [3.05, 3.63) is 0 Å². The van der Waals surface area contributed by atoms with Crippen LogP contribution in [0.25, 0.3) is 0 Å². The number of carbonyl (C=O) groups excluding carboxylic acids is 1. The molecule has 1 rings (SSSR count). The molecule has 0 bridgehead atoms. The van der Waals surface area contributed by atoms with Crippen LogP contribution in [-0.2, 0) is 9.53 Å². The maximum absolute atomic E-state index is 11.9. The van der Waals surface area contributed by atoms with Crippen LogP contribution in [0.3, 0.4) is 0 Å². The van der Waals surface area contributed by atoms with E-state index in [1.165, 1.54) is 0 Å². The molecule has 1 N–H and O–H groups in total. The highest BCUT2D eigenvalue weighted by molar-refractivity contribution is 5.80. The highest BCUT2D eigenvalue weighted by Crippen LogP contribution is 2.21. The number of amides is 1. The van der Waals surface area contributed by atoms with Crippen LogP contribution in [0, 0.1) is 17.2 Å². The third-order valence-corrected chi connectivity index (χ3v) is 3.35. The van der Waals surface area contributed by atoms with Crippen LogP contribution < -0.4 is 5.32 Å². The van der Waals surface area contributed by atoms with Gasteiger partial charge in [-0.3, -0.25) is 4.79 Å². The molecule has 2 atom stereocenters. The minimum absolute atomic E-state index is 0.0467. The summed E-state index contributed by atoms with van der Waals surface area (Å²) < 4.78 is 5.36. The fraction of sp³-hybridized carbons (Fsp3) is 0.833. The summed E-state index contributed by atoms with van der Waals surface area (Å²) in [6.07, 6.45) is 2.17. The average Bonchev–Trinajstić information content (AvgIpc) is 2.73. The molecule has 2 unspecified atom stereocenters. The summed E-state index contributed by atoms with van der Waals surface area (Å²) in [5, 5.41) is 12.0. The fourth-order valence-electron chi connectivity index (χ4n) is 1.95. The van der Waals surface area contributed by atoms with E-state index < -0.39 is 5.54 Å². The van der Waals surface area contributed by atoms with Crippen molar-refractivity contribution in [2.45, 2.75) is 51.7 Å². The first kappa shape index (κ1) is 13.0. The van der Waals surface area contributed by atoms with Gasteiger partial charge in [-0.2, -0.15) is 5.26 Å². The van der Waals surface area contributed by atoms with Gasteiger partial charge in [0.2, 0.25) is 5.91 Å². The van der Waals surface area contributed by atoms with Gasteiger partial charge in [0, 0.05) is 0 Å². The van der Waals surface area contributed by atoms with Gasteiger partial charge in [0.25, 0.3) is 0 Å². The van der Waals surface area contributed by atoms with Crippen LogP contribution in [0.1, 0.15) is 40.0 Å². The molecule has 0 aliphatic carbocycles. The molecule has 1 heterocycles. The third kappa shape index (κ3) is 2.73. The van der Waals surface area contributed by atoms with Gasteiger partial charge in [0.1, 0.15) is 5.54 Å². The Labute approximate surface area is 97.0 Å². The minimum Gasteiger partial charge on any atom is -0.378 e.